The van der Waals surface area contributed by atoms with Gasteiger partial charge in [0.2, 0.25) is 11.8 Å². The minimum atomic E-state index is -0.663. The number of amides is 2. The van der Waals surface area contributed by atoms with E-state index in [1.54, 1.807) is 23.1 Å². The fourth-order valence-electron chi connectivity index (χ4n) is 3.82. The Bertz CT molecular complexity index is 1140. The lowest BCUT2D eigenvalue weighted by atomic mass is 10.0. The van der Waals surface area contributed by atoms with E-state index in [9.17, 15) is 9.59 Å². The summed E-state index contributed by atoms with van der Waals surface area (Å²) in [5, 5.41) is 3.87. The summed E-state index contributed by atoms with van der Waals surface area (Å²) >= 11 is 15.8. The van der Waals surface area contributed by atoms with Gasteiger partial charge in [0.25, 0.3) is 0 Å². The predicted octanol–water partition coefficient (Wildman–Crippen LogP) is 6.85. The summed E-state index contributed by atoms with van der Waals surface area (Å²) in [6.45, 7) is 2.96. The van der Waals surface area contributed by atoms with Crippen molar-refractivity contribution in [2.45, 2.75) is 45.2 Å². The monoisotopic (exact) mass is 574 g/mol. The number of nitrogens with zero attached hydrogens (tertiary/aromatic N) is 1. The maximum Gasteiger partial charge on any atom is 0.243 e. The number of carbonyl (C=O) groups is 2. The molecule has 0 aliphatic carbocycles. The van der Waals surface area contributed by atoms with Crippen LogP contribution in [0.5, 0.6) is 0 Å². The summed E-state index contributed by atoms with van der Waals surface area (Å²) in [6.07, 6.45) is 2.38. The Morgan fingerprint density at radius 2 is 1.66 bits per heavy atom. The molecular formula is C28H29BrCl2N2O2. The zero-order valence-corrected chi connectivity index (χ0v) is 22.7. The van der Waals surface area contributed by atoms with Crippen molar-refractivity contribution in [3.05, 3.63) is 104 Å². The molecule has 0 aliphatic rings. The first kappa shape index (κ1) is 27.3. The molecule has 4 nitrogen and oxygen atoms in total. The van der Waals surface area contributed by atoms with Crippen molar-refractivity contribution in [3.8, 4) is 0 Å². The normalized spacial score (nSPS) is 11.7. The van der Waals surface area contributed by atoms with Gasteiger partial charge in [-0.05, 0) is 47.4 Å². The third kappa shape index (κ3) is 8.38. The zero-order chi connectivity index (χ0) is 25.2. The van der Waals surface area contributed by atoms with Crippen molar-refractivity contribution in [1.82, 2.24) is 10.2 Å². The molecule has 7 heteroatoms. The van der Waals surface area contributed by atoms with Crippen LogP contribution in [0, 0.1) is 0 Å². The van der Waals surface area contributed by atoms with Gasteiger partial charge in [-0.25, -0.2) is 0 Å². The van der Waals surface area contributed by atoms with Crippen LogP contribution in [0.25, 0.3) is 0 Å². The van der Waals surface area contributed by atoms with Crippen LogP contribution < -0.4 is 5.32 Å². The maximum absolute atomic E-state index is 13.7. The Morgan fingerprint density at radius 1 is 0.914 bits per heavy atom. The van der Waals surface area contributed by atoms with Crippen molar-refractivity contribution >= 4 is 50.9 Å². The SMILES string of the molecule is CCCCNC(=O)C(Cc1ccccc1)N(Cc1cccc(Br)c1)C(=O)Cc1ccc(Cl)c(Cl)c1. The highest BCUT2D eigenvalue weighted by Crippen LogP contribution is 2.24. The molecule has 0 aromatic heterocycles. The van der Waals surface area contributed by atoms with Crippen molar-refractivity contribution in [3.63, 3.8) is 0 Å². The number of hydrogen-bond acceptors (Lipinski definition) is 2. The fraction of sp³-hybridized carbons (Fsp3) is 0.286. The molecule has 0 fully saturated rings. The van der Waals surface area contributed by atoms with Crippen molar-refractivity contribution < 1.29 is 9.59 Å². The summed E-state index contributed by atoms with van der Waals surface area (Å²) < 4.78 is 0.916. The van der Waals surface area contributed by atoms with Gasteiger partial charge in [0.1, 0.15) is 6.04 Å². The van der Waals surface area contributed by atoms with E-state index in [-0.39, 0.29) is 18.2 Å². The summed E-state index contributed by atoms with van der Waals surface area (Å²) in [7, 11) is 0. The van der Waals surface area contributed by atoms with Crippen LogP contribution in [0.15, 0.2) is 77.3 Å². The molecule has 35 heavy (non-hydrogen) atoms. The van der Waals surface area contributed by atoms with Crippen molar-refractivity contribution in [2.24, 2.45) is 0 Å². The predicted molar refractivity (Wildman–Crippen MR) is 147 cm³/mol. The van der Waals surface area contributed by atoms with E-state index in [0.717, 1.165) is 34.0 Å². The van der Waals surface area contributed by atoms with Gasteiger partial charge in [-0.3, -0.25) is 9.59 Å². The molecule has 1 unspecified atom stereocenters. The van der Waals surface area contributed by atoms with E-state index in [1.807, 2.05) is 54.6 Å². The van der Waals surface area contributed by atoms with Crippen LogP contribution in [-0.4, -0.2) is 29.3 Å². The highest BCUT2D eigenvalue weighted by molar-refractivity contribution is 9.10. The second-order valence-corrected chi connectivity index (χ2v) is 10.2. The molecular weight excluding hydrogens is 547 g/mol. The van der Waals surface area contributed by atoms with Gasteiger partial charge in [0.15, 0.2) is 0 Å². The van der Waals surface area contributed by atoms with Gasteiger partial charge in [-0.2, -0.15) is 0 Å². The van der Waals surface area contributed by atoms with E-state index < -0.39 is 6.04 Å². The number of hydrogen-bond donors (Lipinski definition) is 1. The molecule has 0 saturated heterocycles. The molecule has 2 amide bonds. The maximum atomic E-state index is 13.7. The summed E-state index contributed by atoms with van der Waals surface area (Å²) in [5.74, 6) is -0.310. The van der Waals surface area contributed by atoms with Crippen LogP contribution in [0.3, 0.4) is 0 Å². The van der Waals surface area contributed by atoms with Gasteiger partial charge >= 0.3 is 0 Å². The highest BCUT2D eigenvalue weighted by atomic mass is 79.9. The number of carbonyl (C=O) groups excluding carboxylic acids is 2. The van der Waals surface area contributed by atoms with E-state index in [1.165, 1.54) is 0 Å². The smallest absolute Gasteiger partial charge is 0.243 e. The lowest BCUT2D eigenvalue weighted by Crippen LogP contribution is -2.51. The van der Waals surface area contributed by atoms with Crippen LogP contribution in [0.1, 0.15) is 36.5 Å². The molecule has 1 N–H and O–H groups in total. The first-order valence-electron chi connectivity index (χ1n) is 11.7. The molecule has 3 rings (SSSR count). The average Bonchev–Trinajstić information content (AvgIpc) is 2.84. The van der Waals surface area contributed by atoms with E-state index in [2.05, 4.69) is 28.2 Å². The first-order valence-corrected chi connectivity index (χ1v) is 13.2. The second kappa shape index (κ2) is 13.7. The van der Waals surface area contributed by atoms with E-state index in [0.29, 0.717) is 29.6 Å². The van der Waals surface area contributed by atoms with Gasteiger partial charge in [0.05, 0.1) is 16.5 Å². The topological polar surface area (TPSA) is 49.4 Å². The van der Waals surface area contributed by atoms with Crippen LogP contribution >= 0.6 is 39.1 Å². The molecule has 0 aliphatic heterocycles. The average molecular weight is 576 g/mol. The molecule has 0 radical (unpaired) electrons. The van der Waals surface area contributed by atoms with Gasteiger partial charge in [-0.15, -0.1) is 0 Å². The molecule has 1 atom stereocenters. The third-order valence-corrected chi connectivity index (χ3v) is 6.91. The summed E-state index contributed by atoms with van der Waals surface area (Å²) in [5.41, 5.74) is 2.67. The summed E-state index contributed by atoms with van der Waals surface area (Å²) in [6, 6.07) is 22.1. The highest BCUT2D eigenvalue weighted by Gasteiger charge is 2.30. The number of rotatable bonds is 11. The Morgan fingerprint density at radius 3 is 2.34 bits per heavy atom. The van der Waals surface area contributed by atoms with Gasteiger partial charge in [0, 0.05) is 24.0 Å². The van der Waals surface area contributed by atoms with Gasteiger partial charge in [-0.1, -0.05) is 101 Å². The molecule has 184 valence electrons. The van der Waals surface area contributed by atoms with Crippen LogP contribution in [0.4, 0.5) is 0 Å². The Labute approximate surface area is 225 Å². The number of unbranched alkanes of at least 4 members (excludes halogenated alkanes) is 1. The molecule has 3 aromatic carbocycles. The Kier molecular flexibility index (Phi) is 10.6. The zero-order valence-electron chi connectivity index (χ0n) is 19.6. The molecule has 0 spiro atoms. The number of nitrogens with one attached hydrogen (secondary N) is 1. The fourth-order valence-corrected chi connectivity index (χ4v) is 4.59. The minimum Gasteiger partial charge on any atom is -0.354 e. The Hall–Kier alpha value is -2.34. The molecule has 0 saturated carbocycles. The second-order valence-electron chi connectivity index (χ2n) is 8.43. The standard InChI is InChI=1S/C28H29BrCl2N2O2/c1-2-3-14-32-28(35)26(17-20-8-5-4-6-9-20)33(19-22-10-7-11-23(29)15-22)27(34)18-21-12-13-24(30)25(31)16-21/h4-13,15-16,26H,2-3,14,17-19H2,1H3,(H,32,35). The first-order chi connectivity index (χ1) is 16.9. The molecule has 3 aromatic rings. The number of halogens is 3. The third-order valence-electron chi connectivity index (χ3n) is 5.68. The van der Waals surface area contributed by atoms with E-state index in [4.69, 9.17) is 23.2 Å². The summed E-state index contributed by atoms with van der Waals surface area (Å²) in [4.78, 5) is 28.8. The lowest BCUT2D eigenvalue weighted by molar-refractivity contribution is -0.140. The Balaban J connectivity index is 1.95. The molecule has 0 bridgehead atoms. The molecule has 0 heterocycles. The quantitative estimate of drug-likeness (QED) is 0.254. The van der Waals surface area contributed by atoms with E-state index >= 15 is 0 Å². The van der Waals surface area contributed by atoms with Crippen LogP contribution in [-0.2, 0) is 29.0 Å². The van der Waals surface area contributed by atoms with Gasteiger partial charge < -0.3 is 10.2 Å². The van der Waals surface area contributed by atoms with Crippen molar-refractivity contribution in [1.29, 1.82) is 0 Å². The largest absolute Gasteiger partial charge is 0.354 e. The minimum absolute atomic E-state index is 0.110. The lowest BCUT2D eigenvalue weighted by Gasteiger charge is -2.32. The van der Waals surface area contributed by atoms with Crippen LogP contribution in [0.2, 0.25) is 10.0 Å². The number of benzene rings is 3. The van der Waals surface area contributed by atoms with Crippen molar-refractivity contribution in [2.75, 3.05) is 6.54 Å².